The smallest absolute Gasteiger partial charge is 0.228 e. The molecule has 22 heavy (non-hydrogen) atoms. The van der Waals surface area contributed by atoms with Gasteiger partial charge in [-0.3, -0.25) is 9.59 Å². The molecular weight excluding hydrogens is 283 g/mol. The fraction of sp³-hybridized carbons (Fsp3) is 0.529. The molecular formula is C17H21FN2O2. The fourth-order valence-corrected chi connectivity index (χ4v) is 3.40. The molecule has 0 radical (unpaired) electrons. The van der Waals surface area contributed by atoms with Gasteiger partial charge in [0, 0.05) is 18.2 Å². The Bertz CT molecular complexity index is 580. The number of rotatable bonds is 2. The molecule has 0 saturated heterocycles. The second-order valence-electron chi connectivity index (χ2n) is 6.23. The molecule has 1 aromatic rings. The van der Waals surface area contributed by atoms with E-state index in [1.165, 1.54) is 25.0 Å². The van der Waals surface area contributed by atoms with Gasteiger partial charge in [0.15, 0.2) is 0 Å². The highest BCUT2D eigenvalue weighted by Crippen LogP contribution is 2.33. The number of nitrogens with one attached hydrogen (secondary N) is 2. The molecule has 1 aliphatic carbocycles. The van der Waals surface area contributed by atoms with Gasteiger partial charge in [-0.1, -0.05) is 31.7 Å². The van der Waals surface area contributed by atoms with Crippen molar-refractivity contribution in [3.8, 4) is 0 Å². The Hall–Kier alpha value is -1.91. The van der Waals surface area contributed by atoms with Crippen LogP contribution < -0.4 is 10.6 Å². The van der Waals surface area contributed by atoms with Crippen molar-refractivity contribution in [1.29, 1.82) is 0 Å². The summed E-state index contributed by atoms with van der Waals surface area (Å²) in [4.78, 5) is 24.4. The third kappa shape index (κ3) is 3.29. The van der Waals surface area contributed by atoms with Crippen LogP contribution in [-0.2, 0) is 9.59 Å². The van der Waals surface area contributed by atoms with Crippen molar-refractivity contribution in [3.05, 3.63) is 29.6 Å². The van der Waals surface area contributed by atoms with Crippen LogP contribution >= 0.6 is 0 Å². The normalized spacial score (nSPS) is 22.4. The Morgan fingerprint density at radius 3 is 2.64 bits per heavy atom. The number of hydrogen-bond acceptors (Lipinski definition) is 2. The Morgan fingerprint density at radius 2 is 1.91 bits per heavy atom. The third-order valence-electron chi connectivity index (χ3n) is 4.57. The molecule has 4 nitrogen and oxygen atoms in total. The largest absolute Gasteiger partial charge is 0.353 e. The minimum Gasteiger partial charge on any atom is -0.353 e. The second kappa shape index (κ2) is 6.46. The molecule has 2 aliphatic rings. The first kappa shape index (κ1) is 15.0. The van der Waals surface area contributed by atoms with Crippen LogP contribution in [0.3, 0.4) is 0 Å². The predicted molar refractivity (Wildman–Crippen MR) is 82.0 cm³/mol. The predicted octanol–water partition coefficient (Wildman–Crippen LogP) is 3.09. The maximum atomic E-state index is 13.3. The van der Waals surface area contributed by atoms with Crippen molar-refractivity contribution in [2.75, 3.05) is 5.32 Å². The van der Waals surface area contributed by atoms with Crippen LogP contribution in [0.4, 0.5) is 10.1 Å². The van der Waals surface area contributed by atoms with Gasteiger partial charge in [0.1, 0.15) is 5.82 Å². The molecule has 1 fully saturated rings. The van der Waals surface area contributed by atoms with E-state index in [1.807, 2.05) is 0 Å². The van der Waals surface area contributed by atoms with Crippen LogP contribution in [0.1, 0.15) is 56.4 Å². The van der Waals surface area contributed by atoms with E-state index in [0.717, 1.165) is 25.7 Å². The average molecular weight is 304 g/mol. The van der Waals surface area contributed by atoms with E-state index >= 15 is 0 Å². The maximum absolute atomic E-state index is 13.3. The van der Waals surface area contributed by atoms with Crippen molar-refractivity contribution in [1.82, 2.24) is 5.32 Å². The molecule has 1 unspecified atom stereocenters. The van der Waals surface area contributed by atoms with Crippen LogP contribution in [0.5, 0.6) is 0 Å². The lowest BCUT2D eigenvalue weighted by Crippen LogP contribution is -2.40. The molecule has 3 rings (SSSR count). The first-order valence-electron chi connectivity index (χ1n) is 8.03. The average Bonchev–Trinajstić information content (AvgIpc) is 2.74. The zero-order valence-corrected chi connectivity index (χ0v) is 12.5. The molecule has 1 atom stereocenters. The van der Waals surface area contributed by atoms with E-state index in [0.29, 0.717) is 11.3 Å². The monoisotopic (exact) mass is 304 g/mol. The summed E-state index contributed by atoms with van der Waals surface area (Å²) < 4.78 is 13.3. The van der Waals surface area contributed by atoms with Gasteiger partial charge in [-0.05, 0) is 30.5 Å². The number of hydrogen-bond donors (Lipinski definition) is 2. The Balaban J connectivity index is 1.76. The summed E-state index contributed by atoms with van der Waals surface area (Å²) in [5.41, 5.74) is 1.12. The van der Waals surface area contributed by atoms with E-state index in [4.69, 9.17) is 0 Å². The molecule has 118 valence electrons. The Morgan fingerprint density at radius 1 is 1.18 bits per heavy atom. The standard InChI is InChI=1S/C17H21FN2O2/c18-11-7-8-13-14(10-16(21)20-15(13)9-11)17(22)19-12-5-3-1-2-4-6-12/h7-9,12,14H,1-6,10H2,(H,19,22)(H,20,21). The van der Waals surface area contributed by atoms with Crippen molar-refractivity contribution in [2.24, 2.45) is 0 Å². The first-order valence-corrected chi connectivity index (χ1v) is 8.03. The minimum absolute atomic E-state index is 0.116. The molecule has 1 heterocycles. The zero-order valence-electron chi connectivity index (χ0n) is 12.5. The van der Waals surface area contributed by atoms with Crippen molar-refractivity contribution >= 4 is 17.5 Å². The molecule has 1 aliphatic heterocycles. The van der Waals surface area contributed by atoms with E-state index in [1.54, 1.807) is 6.07 Å². The summed E-state index contributed by atoms with van der Waals surface area (Å²) in [6.07, 6.45) is 6.84. The summed E-state index contributed by atoms with van der Waals surface area (Å²) >= 11 is 0. The van der Waals surface area contributed by atoms with Crippen LogP contribution in [0.25, 0.3) is 0 Å². The SMILES string of the molecule is O=C1CC(C(=O)NC2CCCCCC2)c2ccc(F)cc2N1. The van der Waals surface area contributed by atoms with Crippen LogP contribution in [-0.4, -0.2) is 17.9 Å². The molecule has 0 aromatic heterocycles. The molecule has 5 heteroatoms. The Kier molecular flexibility index (Phi) is 4.41. The quantitative estimate of drug-likeness (QED) is 0.825. The van der Waals surface area contributed by atoms with Gasteiger partial charge in [-0.15, -0.1) is 0 Å². The van der Waals surface area contributed by atoms with E-state index in [-0.39, 0.29) is 24.3 Å². The zero-order chi connectivity index (χ0) is 15.5. The number of amides is 2. The molecule has 2 amide bonds. The molecule has 1 aromatic carbocycles. The van der Waals surface area contributed by atoms with Gasteiger partial charge in [-0.2, -0.15) is 0 Å². The highest BCUT2D eigenvalue weighted by atomic mass is 19.1. The van der Waals surface area contributed by atoms with Gasteiger partial charge < -0.3 is 10.6 Å². The van der Waals surface area contributed by atoms with Crippen LogP contribution in [0, 0.1) is 5.82 Å². The summed E-state index contributed by atoms with van der Waals surface area (Å²) in [5, 5.41) is 5.73. The summed E-state index contributed by atoms with van der Waals surface area (Å²) in [7, 11) is 0. The van der Waals surface area contributed by atoms with Gasteiger partial charge in [0.2, 0.25) is 11.8 Å². The Labute approximate surface area is 129 Å². The van der Waals surface area contributed by atoms with Crippen molar-refractivity contribution in [3.63, 3.8) is 0 Å². The number of anilines is 1. The fourth-order valence-electron chi connectivity index (χ4n) is 3.40. The van der Waals surface area contributed by atoms with E-state index in [9.17, 15) is 14.0 Å². The van der Waals surface area contributed by atoms with Gasteiger partial charge >= 0.3 is 0 Å². The van der Waals surface area contributed by atoms with E-state index < -0.39 is 11.7 Å². The van der Waals surface area contributed by atoms with Crippen LogP contribution in [0.15, 0.2) is 18.2 Å². The number of benzene rings is 1. The minimum atomic E-state index is -0.521. The highest BCUT2D eigenvalue weighted by molar-refractivity contribution is 6.01. The summed E-state index contributed by atoms with van der Waals surface area (Å²) in [6, 6.07) is 4.41. The van der Waals surface area contributed by atoms with Crippen molar-refractivity contribution in [2.45, 2.75) is 56.9 Å². The number of halogens is 1. The number of carbonyl (C=O) groups excluding carboxylic acids is 2. The lowest BCUT2D eigenvalue weighted by Gasteiger charge is -2.27. The molecule has 0 bridgehead atoms. The number of fused-ring (bicyclic) bond motifs is 1. The van der Waals surface area contributed by atoms with Crippen LogP contribution in [0.2, 0.25) is 0 Å². The van der Waals surface area contributed by atoms with Crippen molar-refractivity contribution < 1.29 is 14.0 Å². The number of carbonyl (C=O) groups is 2. The maximum Gasteiger partial charge on any atom is 0.228 e. The lowest BCUT2D eigenvalue weighted by molar-refractivity contribution is -0.127. The topological polar surface area (TPSA) is 58.2 Å². The van der Waals surface area contributed by atoms with Gasteiger partial charge in [0.25, 0.3) is 0 Å². The molecule has 1 saturated carbocycles. The van der Waals surface area contributed by atoms with E-state index in [2.05, 4.69) is 10.6 Å². The lowest BCUT2D eigenvalue weighted by atomic mass is 9.89. The van der Waals surface area contributed by atoms with Gasteiger partial charge in [0.05, 0.1) is 5.92 Å². The summed E-state index contributed by atoms with van der Waals surface area (Å²) in [6.45, 7) is 0. The summed E-state index contributed by atoms with van der Waals surface area (Å²) in [5.74, 6) is -1.29. The van der Waals surface area contributed by atoms with Gasteiger partial charge in [-0.25, -0.2) is 4.39 Å². The third-order valence-corrected chi connectivity index (χ3v) is 4.57. The molecule has 2 N–H and O–H groups in total. The first-order chi connectivity index (χ1) is 10.6. The molecule has 0 spiro atoms. The highest BCUT2D eigenvalue weighted by Gasteiger charge is 2.31. The second-order valence-corrected chi connectivity index (χ2v) is 6.23.